The largest absolute Gasteiger partial charge is 1.00 e. The molecule has 1 aromatic rings. The van der Waals surface area contributed by atoms with E-state index in [1.165, 1.54) is 12.3 Å². The first kappa shape index (κ1) is 9.32. The zero-order valence-corrected chi connectivity index (χ0v) is 7.95. The van der Waals surface area contributed by atoms with Gasteiger partial charge in [-0.2, -0.15) is 0 Å². The van der Waals surface area contributed by atoms with Gasteiger partial charge in [-0.3, -0.25) is 0 Å². The van der Waals surface area contributed by atoms with E-state index < -0.39 is 5.97 Å². The molecule has 5 heteroatoms. The van der Waals surface area contributed by atoms with E-state index >= 15 is 0 Å². The second kappa shape index (κ2) is 4.18. The Kier molecular flexibility index (Phi) is 4.33. The van der Waals surface area contributed by atoms with Crippen LogP contribution in [0, 0.1) is 0 Å². The molecule has 0 spiro atoms. The van der Waals surface area contributed by atoms with Crippen LogP contribution in [0.4, 0.5) is 0 Å². The van der Waals surface area contributed by atoms with Crippen LogP contribution in [-0.4, -0.2) is 11.1 Å². The van der Waals surface area contributed by atoms with E-state index in [1.807, 2.05) is 0 Å². The number of nitrogens with zero attached hydrogens (tertiary/aromatic N) is 1. The normalized spacial score (nSPS) is 8.00. The van der Waals surface area contributed by atoms with Gasteiger partial charge >= 0.3 is 51.4 Å². The van der Waals surface area contributed by atoms with Gasteiger partial charge < -0.3 is 14.4 Å². The Hall–Kier alpha value is 0.316. The Morgan fingerprint density at radius 1 is 1.78 bits per heavy atom. The third-order valence-corrected chi connectivity index (χ3v) is 0.647. The molecule has 0 fully saturated rings. The maximum absolute atomic E-state index is 9.83. The van der Waals surface area contributed by atoms with Gasteiger partial charge in [0, 0.05) is 6.07 Å². The predicted molar refractivity (Wildman–Crippen MR) is 20.8 cm³/mol. The van der Waals surface area contributed by atoms with Crippen LogP contribution >= 0.6 is 0 Å². The molecule has 0 amide bonds. The van der Waals surface area contributed by atoms with Gasteiger partial charge in [0.15, 0.2) is 0 Å². The van der Waals surface area contributed by atoms with Gasteiger partial charge in [-0.15, -0.1) is 0 Å². The minimum atomic E-state index is -1.32. The monoisotopic (exact) mass is 151 g/mol. The molecule has 0 N–H and O–H groups in total. The van der Waals surface area contributed by atoms with Gasteiger partial charge in [0.05, 0.1) is 5.97 Å². The summed E-state index contributed by atoms with van der Waals surface area (Å²) in [7, 11) is 0. The topological polar surface area (TPSA) is 66.2 Å². The summed E-state index contributed by atoms with van der Waals surface area (Å²) in [6.07, 6.45) is 1.17. The molecule has 0 aliphatic rings. The number of hydrogen-bond acceptors (Lipinski definition) is 4. The minimum Gasteiger partial charge on any atom is -0.543 e. The van der Waals surface area contributed by atoms with E-state index in [2.05, 4.69) is 9.68 Å². The van der Waals surface area contributed by atoms with Crippen molar-refractivity contribution < 1.29 is 65.8 Å². The van der Waals surface area contributed by atoms with Gasteiger partial charge in [-0.1, -0.05) is 5.16 Å². The van der Waals surface area contributed by atoms with Crippen molar-refractivity contribution in [2.75, 3.05) is 0 Å². The van der Waals surface area contributed by atoms with E-state index in [0.29, 0.717) is 0 Å². The van der Waals surface area contributed by atoms with Crippen LogP contribution < -0.4 is 56.5 Å². The Bertz CT molecular complexity index is 184. The number of hydrogen-bond donors (Lipinski definition) is 0. The molecule has 9 heavy (non-hydrogen) atoms. The van der Waals surface area contributed by atoms with Crippen LogP contribution in [0.5, 0.6) is 0 Å². The fraction of sp³-hybridized carbons (Fsp3) is 0. The molecular formula is C4H2KNO3. The number of carboxylic acids is 1. The van der Waals surface area contributed by atoms with Gasteiger partial charge in [0.25, 0.3) is 0 Å². The van der Waals surface area contributed by atoms with Crippen LogP contribution in [0.2, 0.25) is 0 Å². The second-order valence-corrected chi connectivity index (χ2v) is 1.17. The minimum absolute atomic E-state index is 0. The fourth-order valence-electron chi connectivity index (χ4n) is 0.318. The number of aromatic carboxylic acids is 1. The van der Waals surface area contributed by atoms with Crippen LogP contribution in [0.3, 0.4) is 0 Å². The van der Waals surface area contributed by atoms with Crippen molar-refractivity contribution in [3.8, 4) is 0 Å². The summed E-state index contributed by atoms with van der Waals surface area (Å²) >= 11 is 0. The first-order valence-corrected chi connectivity index (χ1v) is 1.92. The fourth-order valence-corrected chi connectivity index (χ4v) is 0.318. The van der Waals surface area contributed by atoms with Crippen LogP contribution in [-0.2, 0) is 0 Å². The molecule has 0 aliphatic heterocycles. The van der Waals surface area contributed by atoms with Gasteiger partial charge in [-0.05, 0) is 0 Å². The molecule has 0 bridgehead atoms. The SMILES string of the molecule is O=C([O-])c1ccon1.[K+]. The van der Waals surface area contributed by atoms with Crippen molar-refractivity contribution >= 4 is 5.97 Å². The zero-order chi connectivity index (χ0) is 5.98. The van der Waals surface area contributed by atoms with Gasteiger partial charge in [0.2, 0.25) is 0 Å². The average Bonchev–Trinajstić information content (AvgIpc) is 2.12. The number of carbonyl (C=O) groups is 1. The summed E-state index contributed by atoms with van der Waals surface area (Å²) in [5, 5.41) is 12.9. The van der Waals surface area contributed by atoms with E-state index in [0.717, 1.165) is 0 Å². The van der Waals surface area contributed by atoms with Crippen molar-refractivity contribution in [2.24, 2.45) is 0 Å². The van der Waals surface area contributed by atoms with Crippen LogP contribution in [0.25, 0.3) is 0 Å². The first-order valence-electron chi connectivity index (χ1n) is 1.92. The molecule has 0 saturated heterocycles. The van der Waals surface area contributed by atoms with E-state index in [4.69, 9.17) is 0 Å². The average molecular weight is 151 g/mol. The molecule has 1 rings (SSSR count). The number of carbonyl (C=O) groups excluding carboxylic acids is 1. The van der Waals surface area contributed by atoms with Crippen molar-refractivity contribution in [3.05, 3.63) is 18.0 Å². The Labute approximate surface area is 93.6 Å². The van der Waals surface area contributed by atoms with Crippen molar-refractivity contribution in [1.82, 2.24) is 5.16 Å². The van der Waals surface area contributed by atoms with E-state index in [1.54, 1.807) is 0 Å². The molecule has 0 saturated carbocycles. The summed E-state index contributed by atoms with van der Waals surface area (Å²) in [5.74, 6) is -1.32. The van der Waals surface area contributed by atoms with E-state index in [-0.39, 0.29) is 57.1 Å². The Morgan fingerprint density at radius 3 is 2.67 bits per heavy atom. The van der Waals surface area contributed by atoms with Crippen molar-refractivity contribution in [3.63, 3.8) is 0 Å². The third-order valence-electron chi connectivity index (χ3n) is 0.647. The van der Waals surface area contributed by atoms with Crippen molar-refractivity contribution in [2.45, 2.75) is 0 Å². The molecule has 0 radical (unpaired) electrons. The quantitative estimate of drug-likeness (QED) is 0.384. The van der Waals surface area contributed by atoms with E-state index in [9.17, 15) is 9.90 Å². The Balaban J connectivity index is 0.000000640. The molecule has 0 aromatic carbocycles. The molecule has 4 nitrogen and oxygen atoms in total. The summed E-state index contributed by atoms with van der Waals surface area (Å²) < 4.78 is 4.20. The zero-order valence-electron chi connectivity index (χ0n) is 4.83. The predicted octanol–water partition coefficient (Wildman–Crippen LogP) is -3.96. The third kappa shape index (κ3) is 2.59. The number of carboxylic acid groups (broad SMARTS) is 1. The molecule has 1 aromatic heterocycles. The van der Waals surface area contributed by atoms with Gasteiger partial charge in [-0.25, -0.2) is 0 Å². The maximum atomic E-state index is 9.83. The Morgan fingerprint density at radius 2 is 2.44 bits per heavy atom. The van der Waals surface area contributed by atoms with Crippen molar-refractivity contribution in [1.29, 1.82) is 0 Å². The summed E-state index contributed by atoms with van der Waals surface area (Å²) in [4.78, 5) is 9.83. The first-order chi connectivity index (χ1) is 3.80. The van der Waals surface area contributed by atoms with Crippen LogP contribution in [0.1, 0.15) is 10.5 Å². The smallest absolute Gasteiger partial charge is 0.543 e. The summed E-state index contributed by atoms with van der Waals surface area (Å²) in [6, 6.07) is 1.22. The number of rotatable bonds is 1. The number of aromatic nitrogens is 1. The van der Waals surface area contributed by atoms with Crippen LogP contribution in [0.15, 0.2) is 16.9 Å². The molecule has 42 valence electrons. The molecular weight excluding hydrogens is 149 g/mol. The second-order valence-electron chi connectivity index (χ2n) is 1.17. The molecule has 1 heterocycles. The summed E-state index contributed by atoms with van der Waals surface area (Å²) in [5.41, 5.74) is -0.176. The maximum Gasteiger partial charge on any atom is 1.00 e. The molecule has 0 atom stereocenters. The standard InChI is InChI=1S/C4H3NO3.K/c6-4(7)3-1-2-8-5-3;/h1-2H,(H,6,7);/q;+1/p-1. The molecule has 0 unspecified atom stereocenters. The van der Waals surface area contributed by atoms with Gasteiger partial charge in [0.1, 0.15) is 12.0 Å². The summed E-state index contributed by atoms with van der Waals surface area (Å²) in [6.45, 7) is 0. The molecule has 0 aliphatic carbocycles.